The molecule has 7 nitrogen and oxygen atoms in total. The first-order chi connectivity index (χ1) is 12.0. The number of hydrogen-bond acceptors (Lipinski definition) is 4. The van der Waals surface area contributed by atoms with Gasteiger partial charge in [-0.25, -0.2) is 4.98 Å². The van der Waals surface area contributed by atoms with Crippen LogP contribution in [0.3, 0.4) is 0 Å². The Labute approximate surface area is 147 Å². The van der Waals surface area contributed by atoms with Crippen LogP contribution in [0.15, 0.2) is 11.1 Å². The van der Waals surface area contributed by atoms with Crippen molar-refractivity contribution in [3.63, 3.8) is 0 Å². The summed E-state index contributed by atoms with van der Waals surface area (Å²) < 4.78 is 0. The van der Waals surface area contributed by atoms with E-state index < -0.39 is 0 Å². The van der Waals surface area contributed by atoms with Gasteiger partial charge in [0.25, 0.3) is 5.56 Å². The summed E-state index contributed by atoms with van der Waals surface area (Å²) >= 11 is 0. The highest BCUT2D eigenvalue weighted by Crippen LogP contribution is 2.23. The second kappa shape index (κ2) is 7.37. The lowest BCUT2D eigenvalue weighted by Gasteiger charge is -2.35. The number of H-pyrrole nitrogens is 1. The monoisotopic (exact) mass is 346 g/mol. The minimum atomic E-state index is -0.156. The van der Waals surface area contributed by atoms with Crippen LogP contribution in [0, 0.1) is 11.8 Å². The summed E-state index contributed by atoms with van der Waals surface area (Å²) in [5.74, 6) is 0.586. The summed E-state index contributed by atoms with van der Waals surface area (Å²) in [7, 11) is 0. The molecule has 136 valence electrons. The van der Waals surface area contributed by atoms with Gasteiger partial charge in [-0.05, 0) is 18.8 Å². The summed E-state index contributed by atoms with van der Waals surface area (Å²) in [6.45, 7) is 6.32. The van der Waals surface area contributed by atoms with Crippen molar-refractivity contribution in [3.05, 3.63) is 27.9 Å². The van der Waals surface area contributed by atoms with Crippen LogP contribution in [0.2, 0.25) is 0 Å². The Kier molecular flexibility index (Phi) is 5.20. The first-order valence-corrected chi connectivity index (χ1v) is 9.07. The summed E-state index contributed by atoms with van der Waals surface area (Å²) in [5.41, 5.74) is 1.24. The van der Waals surface area contributed by atoms with Crippen molar-refractivity contribution in [3.8, 4) is 0 Å². The van der Waals surface area contributed by atoms with Crippen molar-refractivity contribution < 1.29 is 9.59 Å². The fourth-order valence-corrected chi connectivity index (χ4v) is 3.65. The third kappa shape index (κ3) is 3.91. The Morgan fingerprint density at radius 2 is 1.96 bits per heavy atom. The zero-order valence-corrected chi connectivity index (χ0v) is 15.0. The quantitative estimate of drug-likeness (QED) is 0.882. The molecule has 2 amide bonds. The molecule has 1 fully saturated rings. The average Bonchev–Trinajstić information content (AvgIpc) is 2.61. The van der Waals surface area contributed by atoms with Gasteiger partial charge in [-0.3, -0.25) is 14.4 Å². The Balaban J connectivity index is 1.58. The third-order valence-electron chi connectivity index (χ3n) is 5.10. The van der Waals surface area contributed by atoms with Crippen LogP contribution in [-0.4, -0.2) is 51.2 Å². The van der Waals surface area contributed by atoms with Crippen molar-refractivity contribution >= 4 is 11.8 Å². The SMILES string of the molecule is CC(C)CC(=O)N1CCC(C(=O)N2CCc3nc[nH]c(=O)c3C2)CC1. The molecule has 1 saturated heterocycles. The third-order valence-corrected chi connectivity index (χ3v) is 5.10. The zero-order valence-electron chi connectivity index (χ0n) is 15.0. The van der Waals surface area contributed by atoms with E-state index in [2.05, 4.69) is 9.97 Å². The fraction of sp³-hybridized carbons (Fsp3) is 0.667. The molecular formula is C18H26N4O3. The summed E-state index contributed by atoms with van der Waals surface area (Å²) in [4.78, 5) is 47.3. The summed E-state index contributed by atoms with van der Waals surface area (Å²) in [5, 5.41) is 0. The van der Waals surface area contributed by atoms with Crippen LogP contribution in [-0.2, 0) is 22.6 Å². The normalized spacial score (nSPS) is 18.4. The van der Waals surface area contributed by atoms with Gasteiger partial charge >= 0.3 is 0 Å². The number of nitrogens with one attached hydrogen (secondary N) is 1. The van der Waals surface area contributed by atoms with Gasteiger partial charge in [0.1, 0.15) is 0 Å². The predicted molar refractivity (Wildman–Crippen MR) is 92.7 cm³/mol. The molecule has 0 aliphatic carbocycles. The molecule has 2 aliphatic heterocycles. The number of rotatable bonds is 3. The van der Waals surface area contributed by atoms with E-state index in [-0.39, 0.29) is 23.3 Å². The van der Waals surface area contributed by atoms with E-state index in [9.17, 15) is 14.4 Å². The predicted octanol–water partition coefficient (Wildman–Crippen LogP) is 0.939. The van der Waals surface area contributed by atoms with Crippen LogP contribution in [0.25, 0.3) is 0 Å². The molecule has 0 saturated carbocycles. The standard InChI is InChI=1S/C18H26N4O3/c1-12(2)9-16(23)21-6-3-13(4-7-21)18(25)22-8-5-15-14(10-22)17(24)20-11-19-15/h11-13H,3-10H2,1-2H3,(H,19,20,24). The summed E-state index contributed by atoms with van der Waals surface area (Å²) in [6, 6.07) is 0. The maximum atomic E-state index is 12.8. The molecule has 0 aromatic carbocycles. The molecule has 3 heterocycles. The Bertz CT molecular complexity index is 705. The van der Waals surface area contributed by atoms with Crippen molar-refractivity contribution in [1.29, 1.82) is 0 Å². The van der Waals surface area contributed by atoms with Crippen LogP contribution >= 0.6 is 0 Å². The number of hydrogen-bond donors (Lipinski definition) is 1. The van der Waals surface area contributed by atoms with Gasteiger partial charge in [-0.2, -0.15) is 0 Å². The molecule has 2 aliphatic rings. The molecule has 7 heteroatoms. The van der Waals surface area contributed by atoms with Gasteiger partial charge in [-0.15, -0.1) is 0 Å². The molecule has 0 unspecified atom stereocenters. The van der Waals surface area contributed by atoms with Crippen molar-refractivity contribution in [2.45, 2.75) is 46.1 Å². The van der Waals surface area contributed by atoms with E-state index in [0.29, 0.717) is 63.3 Å². The van der Waals surface area contributed by atoms with Crippen LogP contribution in [0.1, 0.15) is 44.4 Å². The Morgan fingerprint density at radius 3 is 2.64 bits per heavy atom. The number of carbonyl (C=O) groups is 2. The van der Waals surface area contributed by atoms with E-state index in [1.165, 1.54) is 6.33 Å². The highest BCUT2D eigenvalue weighted by molar-refractivity contribution is 5.80. The largest absolute Gasteiger partial charge is 0.343 e. The van der Waals surface area contributed by atoms with Crippen molar-refractivity contribution in [2.24, 2.45) is 11.8 Å². The van der Waals surface area contributed by atoms with Gasteiger partial charge in [0.05, 0.1) is 24.1 Å². The van der Waals surface area contributed by atoms with Gasteiger partial charge in [0.15, 0.2) is 0 Å². The van der Waals surface area contributed by atoms with Crippen LogP contribution in [0.4, 0.5) is 0 Å². The molecule has 1 aromatic rings. The number of likely N-dealkylation sites (tertiary alicyclic amines) is 1. The molecule has 0 spiro atoms. The Hall–Kier alpha value is -2.18. The lowest BCUT2D eigenvalue weighted by atomic mass is 9.93. The Morgan fingerprint density at radius 1 is 1.24 bits per heavy atom. The van der Waals surface area contributed by atoms with Gasteiger partial charge < -0.3 is 14.8 Å². The molecular weight excluding hydrogens is 320 g/mol. The highest BCUT2D eigenvalue weighted by Gasteiger charge is 2.32. The van der Waals surface area contributed by atoms with E-state index in [1.807, 2.05) is 18.7 Å². The highest BCUT2D eigenvalue weighted by atomic mass is 16.2. The molecule has 3 rings (SSSR count). The number of aromatic amines is 1. The fourth-order valence-electron chi connectivity index (χ4n) is 3.65. The minimum absolute atomic E-state index is 0.0552. The first kappa shape index (κ1) is 17.6. The number of piperidine rings is 1. The molecule has 0 atom stereocenters. The van der Waals surface area contributed by atoms with E-state index in [0.717, 1.165) is 5.69 Å². The molecule has 25 heavy (non-hydrogen) atoms. The van der Waals surface area contributed by atoms with Gasteiger partial charge in [0, 0.05) is 38.4 Å². The minimum Gasteiger partial charge on any atom is -0.343 e. The number of amides is 2. The molecule has 1 aromatic heterocycles. The topological polar surface area (TPSA) is 86.4 Å². The zero-order chi connectivity index (χ0) is 18.0. The van der Waals surface area contributed by atoms with E-state index in [4.69, 9.17) is 0 Å². The van der Waals surface area contributed by atoms with Crippen LogP contribution < -0.4 is 5.56 Å². The molecule has 1 N–H and O–H groups in total. The number of nitrogens with zero attached hydrogens (tertiary/aromatic N) is 3. The second-order valence-corrected chi connectivity index (χ2v) is 7.42. The lowest BCUT2D eigenvalue weighted by molar-refractivity contribution is -0.141. The maximum absolute atomic E-state index is 12.8. The molecule has 0 bridgehead atoms. The molecule has 0 radical (unpaired) electrons. The lowest BCUT2D eigenvalue weighted by Crippen LogP contribution is -2.46. The smallest absolute Gasteiger partial charge is 0.255 e. The number of aromatic nitrogens is 2. The van der Waals surface area contributed by atoms with Crippen molar-refractivity contribution in [2.75, 3.05) is 19.6 Å². The van der Waals surface area contributed by atoms with Crippen LogP contribution in [0.5, 0.6) is 0 Å². The summed E-state index contributed by atoms with van der Waals surface area (Å²) in [6.07, 6.45) is 4.02. The van der Waals surface area contributed by atoms with Crippen molar-refractivity contribution in [1.82, 2.24) is 19.8 Å². The number of carbonyl (C=O) groups excluding carboxylic acids is 2. The number of fused-ring (bicyclic) bond motifs is 1. The van der Waals surface area contributed by atoms with Gasteiger partial charge in [-0.1, -0.05) is 13.8 Å². The van der Waals surface area contributed by atoms with E-state index in [1.54, 1.807) is 4.90 Å². The van der Waals surface area contributed by atoms with E-state index >= 15 is 0 Å². The maximum Gasteiger partial charge on any atom is 0.255 e. The first-order valence-electron chi connectivity index (χ1n) is 9.07. The second-order valence-electron chi connectivity index (χ2n) is 7.42. The average molecular weight is 346 g/mol. The van der Waals surface area contributed by atoms with Gasteiger partial charge in [0.2, 0.25) is 11.8 Å².